The molecule has 2 aromatic carbocycles. The molecule has 0 aliphatic carbocycles. The minimum absolute atomic E-state index is 0.144. The minimum Gasteiger partial charge on any atom is -0.399 e. The molecular formula is C13H9F3N4O2. The normalized spacial score (nSPS) is 11.8. The molecule has 114 valence electrons. The SMILES string of the molecule is Nc1ccc(N=Nc2ccc([N+](=O)[O-])c(C(F)(F)F)c2)cc1. The lowest BCUT2D eigenvalue weighted by Crippen LogP contribution is -2.08. The van der Waals surface area contributed by atoms with Crippen LogP contribution in [-0.4, -0.2) is 4.92 Å². The summed E-state index contributed by atoms with van der Waals surface area (Å²) in [5, 5.41) is 18.0. The number of nitro groups is 1. The summed E-state index contributed by atoms with van der Waals surface area (Å²) in [4.78, 5) is 9.54. The van der Waals surface area contributed by atoms with Gasteiger partial charge in [-0.05, 0) is 36.4 Å². The number of hydrogen-bond donors (Lipinski definition) is 1. The van der Waals surface area contributed by atoms with Crippen molar-refractivity contribution in [1.82, 2.24) is 0 Å². The van der Waals surface area contributed by atoms with Crippen molar-refractivity contribution >= 4 is 22.7 Å². The van der Waals surface area contributed by atoms with Gasteiger partial charge in [0.05, 0.1) is 16.3 Å². The number of nitrogens with two attached hydrogens (primary N) is 1. The molecule has 6 nitrogen and oxygen atoms in total. The third kappa shape index (κ3) is 3.57. The van der Waals surface area contributed by atoms with Crippen LogP contribution in [0, 0.1) is 10.1 Å². The van der Waals surface area contributed by atoms with Gasteiger partial charge in [-0.25, -0.2) is 0 Å². The molecule has 22 heavy (non-hydrogen) atoms. The topological polar surface area (TPSA) is 93.9 Å². The van der Waals surface area contributed by atoms with Gasteiger partial charge in [-0.3, -0.25) is 10.1 Å². The molecule has 0 fully saturated rings. The van der Waals surface area contributed by atoms with Crippen molar-refractivity contribution in [2.45, 2.75) is 6.18 Å². The van der Waals surface area contributed by atoms with E-state index in [0.717, 1.165) is 12.1 Å². The van der Waals surface area contributed by atoms with Crippen molar-refractivity contribution in [2.24, 2.45) is 10.2 Å². The minimum atomic E-state index is -4.85. The van der Waals surface area contributed by atoms with Gasteiger partial charge in [0, 0.05) is 11.8 Å². The maximum absolute atomic E-state index is 12.8. The number of anilines is 1. The molecule has 2 rings (SSSR count). The van der Waals surface area contributed by atoms with Crippen molar-refractivity contribution in [3.05, 3.63) is 58.1 Å². The van der Waals surface area contributed by atoms with E-state index in [-0.39, 0.29) is 5.69 Å². The summed E-state index contributed by atoms with van der Waals surface area (Å²) in [6.45, 7) is 0. The molecule has 0 radical (unpaired) electrons. The fraction of sp³-hybridized carbons (Fsp3) is 0.0769. The molecule has 0 atom stereocenters. The summed E-state index contributed by atoms with van der Waals surface area (Å²) in [7, 11) is 0. The van der Waals surface area contributed by atoms with Gasteiger partial charge in [0.1, 0.15) is 5.56 Å². The largest absolute Gasteiger partial charge is 0.423 e. The first-order valence-electron chi connectivity index (χ1n) is 5.90. The Balaban J connectivity index is 2.36. The maximum Gasteiger partial charge on any atom is 0.423 e. The van der Waals surface area contributed by atoms with Crippen LogP contribution < -0.4 is 5.73 Å². The molecule has 2 N–H and O–H groups in total. The average Bonchev–Trinajstić information content (AvgIpc) is 2.45. The molecule has 0 spiro atoms. The van der Waals surface area contributed by atoms with Crippen LogP contribution in [-0.2, 0) is 6.18 Å². The predicted octanol–water partition coefficient (Wildman–Crippen LogP) is 4.61. The number of rotatable bonds is 3. The number of nitrogens with zero attached hydrogens (tertiary/aromatic N) is 3. The molecule has 0 aliphatic rings. The van der Waals surface area contributed by atoms with Crippen LogP contribution in [0.4, 0.5) is 35.9 Å². The standard InChI is InChI=1S/C13H9F3N4O2/c14-13(15,16)11-7-10(5-6-12(11)20(21)22)19-18-9-3-1-8(17)2-4-9/h1-7H,17H2. The number of nitrogen functional groups attached to an aromatic ring is 1. The molecule has 0 aliphatic heterocycles. The second-order valence-corrected chi connectivity index (χ2v) is 4.25. The first kappa shape index (κ1) is 15.4. The zero-order valence-corrected chi connectivity index (χ0v) is 10.9. The number of hydrogen-bond acceptors (Lipinski definition) is 5. The van der Waals surface area contributed by atoms with E-state index < -0.39 is 22.4 Å². The number of halogens is 3. The molecule has 9 heteroatoms. The van der Waals surface area contributed by atoms with E-state index in [0.29, 0.717) is 17.4 Å². The summed E-state index contributed by atoms with van der Waals surface area (Å²) < 4.78 is 38.4. The summed E-state index contributed by atoms with van der Waals surface area (Å²) in [5.41, 5.74) is 3.84. The summed E-state index contributed by atoms with van der Waals surface area (Å²) >= 11 is 0. The highest BCUT2D eigenvalue weighted by atomic mass is 19.4. The quantitative estimate of drug-likeness (QED) is 0.388. The third-order valence-electron chi connectivity index (χ3n) is 2.66. The molecule has 0 unspecified atom stereocenters. The molecule has 0 aromatic heterocycles. The Bertz CT molecular complexity index is 727. The van der Waals surface area contributed by atoms with Crippen molar-refractivity contribution in [3.8, 4) is 0 Å². The van der Waals surface area contributed by atoms with Crippen LogP contribution in [0.2, 0.25) is 0 Å². The van der Waals surface area contributed by atoms with E-state index in [4.69, 9.17) is 5.73 Å². The van der Waals surface area contributed by atoms with Crippen LogP contribution in [0.5, 0.6) is 0 Å². The first-order valence-corrected chi connectivity index (χ1v) is 5.90. The van der Waals surface area contributed by atoms with Crippen molar-refractivity contribution in [3.63, 3.8) is 0 Å². The molecule has 0 bridgehead atoms. The Morgan fingerprint density at radius 2 is 1.55 bits per heavy atom. The zero-order valence-electron chi connectivity index (χ0n) is 10.9. The number of benzene rings is 2. The lowest BCUT2D eigenvalue weighted by molar-refractivity contribution is -0.388. The Kier molecular flexibility index (Phi) is 4.06. The predicted molar refractivity (Wildman–Crippen MR) is 73.1 cm³/mol. The molecule has 0 saturated heterocycles. The zero-order chi connectivity index (χ0) is 16.3. The van der Waals surface area contributed by atoms with E-state index in [1.54, 1.807) is 12.1 Å². The number of alkyl halides is 3. The van der Waals surface area contributed by atoms with Crippen LogP contribution in [0.1, 0.15) is 5.56 Å². The molecule has 0 saturated carbocycles. The lowest BCUT2D eigenvalue weighted by Gasteiger charge is -2.07. The van der Waals surface area contributed by atoms with E-state index in [9.17, 15) is 23.3 Å². The number of nitro benzene ring substituents is 1. The van der Waals surface area contributed by atoms with Crippen LogP contribution in [0.15, 0.2) is 52.7 Å². The smallest absolute Gasteiger partial charge is 0.399 e. The second kappa shape index (κ2) is 5.80. The first-order chi connectivity index (χ1) is 10.3. The van der Waals surface area contributed by atoms with Crippen LogP contribution in [0.3, 0.4) is 0 Å². The Labute approximate surface area is 122 Å². The van der Waals surface area contributed by atoms with Gasteiger partial charge in [0.25, 0.3) is 5.69 Å². The second-order valence-electron chi connectivity index (χ2n) is 4.25. The third-order valence-corrected chi connectivity index (χ3v) is 2.66. The lowest BCUT2D eigenvalue weighted by atomic mass is 10.1. The highest BCUT2D eigenvalue weighted by molar-refractivity contribution is 5.53. The van der Waals surface area contributed by atoms with Gasteiger partial charge in [-0.15, -0.1) is 0 Å². The highest BCUT2D eigenvalue weighted by Gasteiger charge is 2.38. The van der Waals surface area contributed by atoms with Gasteiger partial charge < -0.3 is 5.73 Å². The Hall–Kier alpha value is -2.97. The Morgan fingerprint density at radius 3 is 2.09 bits per heavy atom. The van der Waals surface area contributed by atoms with Gasteiger partial charge in [-0.1, -0.05) is 0 Å². The van der Waals surface area contributed by atoms with E-state index in [1.807, 2.05) is 0 Å². The molecule has 0 heterocycles. The molecule has 0 amide bonds. The van der Waals surface area contributed by atoms with E-state index in [1.165, 1.54) is 12.1 Å². The molecule has 2 aromatic rings. The van der Waals surface area contributed by atoms with E-state index in [2.05, 4.69) is 10.2 Å². The van der Waals surface area contributed by atoms with Gasteiger partial charge in [0.2, 0.25) is 0 Å². The number of azo groups is 1. The highest BCUT2D eigenvalue weighted by Crippen LogP contribution is 2.38. The average molecular weight is 310 g/mol. The van der Waals surface area contributed by atoms with Gasteiger partial charge in [0.15, 0.2) is 0 Å². The summed E-state index contributed by atoms with van der Waals surface area (Å²) in [6, 6.07) is 8.62. The maximum atomic E-state index is 12.8. The van der Waals surface area contributed by atoms with Crippen molar-refractivity contribution in [2.75, 3.05) is 5.73 Å². The van der Waals surface area contributed by atoms with Gasteiger partial charge in [-0.2, -0.15) is 23.4 Å². The summed E-state index contributed by atoms with van der Waals surface area (Å²) in [6.07, 6.45) is -4.85. The fourth-order valence-corrected chi connectivity index (χ4v) is 1.63. The van der Waals surface area contributed by atoms with Crippen molar-refractivity contribution < 1.29 is 18.1 Å². The van der Waals surface area contributed by atoms with Crippen LogP contribution >= 0.6 is 0 Å². The monoisotopic (exact) mass is 310 g/mol. The Morgan fingerprint density at radius 1 is 1.00 bits per heavy atom. The van der Waals surface area contributed by atoms with Crippen molar-refractivity contribution in [1.29, 1.82) is 0 Å². The fourth-order valence-electron chi connectivity index (χ4n) is 1.63. The van der Waals surface area contributed by atoms with Gasteiger partial charge >= 0.3 is 6.18 Å². The summed E-state index contributed by atoms with van der Waals surface area (Å²) in [5.74, 6) is 0. The van der Waals surface area contributed by atoms with E-state index >= 15 is 0 Å². The van der Waals surface area contributed by atoms with Crippen LogP contribution in [0.25, 0.3) is 0 Å². The molecular weight excluding hydrogens is 301 g/mol.